The van der Waals surface area contributed by atoms with Crippen LogP contribution in [0.25, 0.3) is 0 Å². The monoisotopic (exact) mass is 222 g/mol. The lowest BCUT2D eigenvalue weighted by Gasteiger charge is -2.10. The number of hydrogen-bond acceptors (Lipinski definition) is 1. The zero-order valence-electron chi connectivity index (χ0n) is 11.5. The van der Waals surface area contributed by atoms with Crippen molar-refractivity contribution < 1.29 is 0 Å². The molecule has 0 aliphatic carbocycles. The van der Waals surface area contributed by atoms with Crippen molar-refractivity contribution in [3.8, 4) is 11.8 Å². The SMILES string of the molecule is [CH2]CC(C)CCCC(C)CC#CC(C)NC. The Kier molecular flexibility index (Phi) is 9.43. The molecule has 93 valence electrons. The Labute approximate surface area is 102 Å². The van der Waals surface area contributed by atoms with Gasteiger partial charge in [-0.15, -0.1) is 5.92 Å². The third kappa shape index (κ3) is 8.80. The molecule has 0 aromatic carbocycles. The molecular weight excluding hydrogens is 194 g/mol. The van der Waals surface area contributed by atoms with Gasteiger partial charge >= 0.3 is 0 Å². The van der Waals surface area contributed by atoms with Gasteiger partial charge in [-0.05, 0) is 32.2 Å². The van der Waals surface area contributed by atoms with Crippen molar-refractivity contribution >= 4 is 0 Å². The quantitative estimate of drug-likeness (QED) is 0.648. The maximum Gasteiger partial charge on any atom is 0.0658 e. The molecule has 0 aliphatic rings. The van der Waals surface area contributed by atoms with Gasteiger partial charge in [0.15, 0.2) is 0 Å². The first-order valence-corrected chi connectivity index (χ1v) is 6.55. The van der Waals surface area contributed by atoms with Crippen molar-refractivity contribution in [2.24, 2.45) is 11.8 Å². The maximum atomic E-state index is 3.93. The van der Waals surface area contributed by atoms with E-state index in [-0.39, 0.29) is 0 Å². The van der Waals surface area contributed by atoms with Crippen molar-refractivity contribution in [3.63, 3.8) is 0 Å². The van der Waals surface area contributed by atoms with E-state index >= 15 is 0 Å². The van der Waals surface area contributed by atoms with Crippen molar-refractivity contribution in [1.82, 2.24) is 5.32 Å². The van der Waals surface area contributed by atoms with E-state index in [1.807, 2.05) is 7.05 Å². The number of nitrogens with one attached hydrogen (secondary N) is 1. The van der Waals surface area contributed by atoms with Crippen LogP contribution in [0.1, 0.15) is 52.9 Å². The van der Waals surface area contributed by atoms with Crippen molar-refractivity contribution in [3.05, 3.63) is 6.92 Å². The van der Waals surface area contributed by atoms with Crippen molar-refractivity contribution in [2.45, 2.75) is 58.9 Å². The van der Waals surface area contributed by atoms with Crippen LogP contribution in [0.15, 0.2) is 0 Å². The first-order chi connectivity index (χ1) is 7.60. The summed E-state index contributed by atoms with van der Waals surface area (Å²) >= 11 is 0. The lowest BCUT2D eigenvalue weighted by molar-refractivity contribution is 0.447. The average Bonchev–Trinajstić information content (AvgIpc) is 2.28. The highest BCUT2D eigenvalue weighted by Gasteiger charge is 2.03. The van der Waals surface area contributed by atoms with Crippen LogP contribution in [0.3, 0.4) is 0 Å². The Morgan fingerprint density at radius 1 is 1.12 bits per heavy atom. The lowest BCUT2D eigenvalue weighted by Crippen LogP contribution is -2.18. The van der Waals surface area contributed by atoms with Crippen LogP contribution in [-0.4, -0.2) is 13.1 Å². The molecule has 3 unspecified atom stereocenters. The first-order valence-electron chi connectivity index (χ1n) is 6.55. The van der Waals surface area contributed by atoms with Gasteiger partial charge in [-0.2, -0.15) is 0 Å². The second-order valence-electron chi connectivity index (χ2n) is 4.97. The van der Waals surface area contributed by atoms with Gasteiger partial charge in [-0.25, -0.2) is 0 Å². The summed E-state index contributed by atoms with van der Waals surface area (Å²) in [6.07, 6.45) is 6.03. The molecule has 0 amide bonds. The maximum absolute atomic E-state index is 3.93. The largest absolute Gasteiger partial charge is 0.307 e. The molecule has 0 saturated heterocycles. The molecule has 0 spiro atoms. The molecule has 0 aliphatic heterocycles. The molecule has 1 radical (unpaired) electrons. The van der Waals surface area contributed by atoms with Crippen LogP contribution in [0, 0.1) is 30.6 Å². The molecule has 0 bridgehead atoms. The molecule has 0 aromatic rings. The summed E-state index contributed by atoms with van der Waals surface area (Å²) in [7, 11) is 1.95. The zero-order valence-corrected chi connectivity index (χ0v) is 11.5. The minimum atomic E-state index is 0.318. The minimum Gasteiger partial charge on any atom is -0.307 e. The van der Waals surface area contributed by atoms with Gasteiger partial charge in [0.2, 0.25) is 0 Å². The van der Waals surface area contributed by atoms with Gasteiger partial charge in [-0.1, -0.05) is 46.0 Å². The Bertz CT molecular complexity index is 211. The van der Waals surface area contributed by atoms with Crippen LogP contribution < -0.4 is 5.32 Å². The third-order valence-corrected chi connectivity index (χ3v) is 3.09. The molecule has 0 rings (SSSR count). The molecule has 0 fully saturated rings. The molecule has 1 nitrogen and oxygen atoms in total. The first kappa shape index (κ1) is 15.5. The third-order valence-electron chi connectivity index (χ3n) is 3.09. The van der Waals surface area contributed by atoms with E-state index in [1.165, 1.54) is 19.3 Å². The van der Waals surface area contributed by atoms with E-state index in [1.54, 1.807) is 0 Å². The molecule has 0 aromatic heterocycles. The predicted molar refractivity (Wildman–Crippen MR) is 73.1 cm³/mol. The predicted octanol–water partition coefficient (Wildman–Crippen LogP) is 3.65. The highest BCUT2D eigenvalue weighted by molar-refractivity contribution is 5.06. The van der Waals surface area contributed by atoms with Crippen molar-refractivity contribution in [1.29, 1.82) is 0 Å². The highest BCUT2D eigenvalue weighted by Crippen LogP contribution is 2.16. The lowest BCUT2D eigenvalue weighted by atomic mass is 9.95. The molecule has 1 N–H and O–H groups in total. The van der Waals surface area contributed by atoms with E-state index in [0.717, 1.165) is 24.7 Å². The van der Waals surface area contributed by atoms with Gasteiger partial charge in [0.05, 0.1) is 6.04 Å². The normalized spacial score (nSPS) is 16.1. The molecule has 3 atom stereocenters. The fourth-order valence-electron chi connectivity index (χ4n) is 1.52. The topological polar surface area (TPSA) is 12.0 Å². The van der Waals surface area contributed by atoms with E-state index in [2.05, 4.69) is 44.9 Å². The van der Waals surface area contributed by atoms with E-state index in [9.17, 15) is 0 Å². The summed E-state index contributed by atoms with van der Waals surface area (Å²) in [4.78, 5) is 0. The van der Waals surface area contributed by atoms with E-state index < -0.39 is 0 Å². The molecule has 1 heteroatoms. The van der Waals surface area contributed by atoms with E-state index in [0.29, 0.717) is 6.04 Å². The Morgan fingerprint density at radius 2 is 1.75 bits per heavy atom. The van der Waals surface area contributed by atoms with Crippen LogP contribution in [0.4, 0.5) is 0 Å². The summed E-state index contributed by atoms with van der Waals surface area (Å²) in [5.41, 5.74) is 0. The summed E-state index contributed by atoms with van der Waals surface area (Å²) in [6.45, 7) is 10.6. The van der Waals surface area contributed by atoms with Gasteiger partial charge < -0.3 is 5.32 Å². The second-order valence-corrected chi connectivity index (χ2v) is 4.97. The van der Waals surface area contributed by atoms with E-state index in [4.69, 9.17) is 0 Å². The van der Waals surface area contributed by atoms with Crippen molar-refractivity contribution in [2.75, 3.05) is 7.05 Å². The van der Waals surface area contributed by atoms with Crippen LogP contribution in [0.5, 0.6) is 0 Å². The molecule has 16 heavy (non-hydrogen) atoms. The zero-order chi connectivity index (χ0) is 12.4. The Hall–Kier alpha value is -0.480. The minimum absolute atomic E-state index is 0.318. The average molecular weight is 222 g/mol. The molecule has 0 heterocycles. The summed E-state index contributed by atoms with van der Waals surface area (Å²) in [5, 5.41) is 3.12. The summed E-state index contributed by atoms with van der Waals surface area (Å²) < 4.78 is 0. The van der Waals surface area contributed by atoms with Gasteiger partial charge in [0, 0.05) is 6.42 Å². The Morgan fingerprint density at radius 3 is 2.31 bits per heavy atom. The van der Waals surface area contributed by atoms with Gasteiger partial charge in [0.1, 0.15) is 0 Å². The second kappa shape index (κ2) is 9.73. The van der Waals surface area contributed by atoms with Gasteiger partial charge in [-0.3, -0.25) is 0 Å². The fourth-order valence-corrected chi connectivity index (χ4v) is 1.52. The summed E-state index contributed by atoms with van der Waals surface area (Å²) in [5.74, 6) is 7.98. The standard InChI is InChI=1S/C15H28N/c1-6-13(2)9-7-10-14(3)11-8-12-15(4)16-5/h13-16H,1,6-7,9-11H2,2-5H3. The van der Waals surface area contributed by atoms with Gasteiger partial charge in [0.25, 0.3) is 0 Å². The van der Waals surface area contributed by atoms with Crippen LogP contribution in [0.2, 0.25) is 0 Å². The molecular formula is C15H28N. The van der Waals surface area contributed by atoms with Crippen LogP contribution in [-0.2, 0) is 0 Å². The smallest absolute Gasteiger partial charge is 0.0658 e. The molecule has 0 saturated carbocycles. The van der Waals surface area contributed by atoms with Crippen LogP contribution >= 0.6 is 0 Å². The number of rotatable bonds is 7. The fraction of sp³-hybridized carbons (Fsp3) is 0.800. The Balaban J connectivity index is 3.57. The number of hydrogen-bond donors (Lipinski definition) is 1. The summed E-state index contributed by atoms with van der Waals surface area (Å²) in [6, 6.07) is 0.318. The highest BCUT2D eigenvalue weighted by atomic mass is 14.8.